The minimum atomic E-state index is 0.0432. The summed E-state index contributed by atoms with van der Waals surface area (Å²) in [6, 6.07) is 2.74. The van der Waals surface area contributed by atoms with Gasteiger partial charge in [0.05, 0.1) is 11.5 Å². The monoisotopic (exact) mass is 359 g/mol. The standard InChI is InChI=1S/C25H45N/c1-3-5-7-8-18-25(21-26)19-16-24(17-20-25)15-14-23-12-10-22(11-13-23)9-6-4-2/h22-24H,3-20H2,1-2H3/t22-,23-,24-,25-. The molecule has 0 heterocycles. The Balaban J connectivity index is 1.60. The minimum Gasteiger partial charge on any atom is -0.198 e. The fourth-order valence-corrected chi connectivity index (χ4v) is 5.60. The van der Waals surface area contributed by atoms with Crippen molar-refractivity contribution in [3.05, 3.63) is 0 Å². The van der Waals surface area contributed by atoms with Crippen molar-refractivity contribution < 1.29 is 0 Å². The van der Waals surface area contributed by atoms with Crippen molar-refractivity contribution in [2.45, 2.75) is 129 Å². The molecule has 1 nitrogen and oxygen atoms in total. The third-order valence-corrected chi connectivity index (χ3v) is 7.72. The third kappa shape index (κ3) is 7.25. The molecule has 0 amide bonds. The number of hydrogen-bond acceptors (Lipinski definition) is 1. The van der Waals surface area contributed by atoms with Gasteiger partial charge in [0.1, 0.15) is 0 Å². The van der Waals surface area contributed by atoms with Crippen molar-refractivity contribution in [2.24, 2.45) is 23.2 Å². The van der Waals surface area contributed by atoms with Crippen molar-refractivity contribution in [3.63, 3.8) is 0 Å². The van der Waals surface area contributed by atoms with E-state index in [1.165, 1.54) is 109 Å². The Hall–Kier alpha value is -0.510. The highest BCUT2D eigenvalue weighted by atomic mass is 14.4. The second-order valence-electron chi connectivity index (χ2n) is 9.75. The molecule has 0 aliphatic heterocycles. The molecule has 0 unspecified atom stereocenters. The van der Waals surface area contributed by atoms with E-state index in [4.69, 9.17) is 0 Å². The number of rotatable bonds is 11. The lowest BCUT2D eigenvalue weighted by molar-refractivity contribution is 0.170. The van der Waals surface area contributed by atoms with E-state index in [9.17, 15) is 5.26 Å². The van der Waals surface area contributed by atoms with Gasteiger partial charge in [-0.25, -0.2) is 0 Å². The van der Waals surface area contributed by atoms with Gasteiger partial charge in [-0.15, -0.1) is 0 Å². The average Bonchev–Trinajstić information content (AvgIpc) is 2.70. The molecule has 0 aromatic carbocycles. The van der Waals surface area contributed by atoms with E-state index in [1.807, 2.05) is 0 Å². The van der Waals surface area contributed by atoms with Crippen LogP contribution in [0.4, 0.5) is 0 Å². The maximum atomic E-state index is 9.75. The van der Waals surface area contributed by atoms with E-state index < -0.39 is 0 Å². The van der Waals surface area contributed by atoms with Gasteiger partial charge in [-0.1, -0.05) is 97.3 Å². The van der Waals surface area contributed by atoms with E-state index in [0.29, 0.717) is 0 Å². The van der Waals surface area contributed by atoms with Crippen LogP contribution in [0, 0.1) is 34.5 Å². The Labute approximate surface area is 164 Å². The first kappa shape index (κ1) is 21.8. The largest absolute Gasteiger partial charge is 0.198 e. The topological polar surface area (TPSA) is 23.8 Å². The van der Waals surface area contributed by atoms with Crippen LogP contribution < -0.4 is 0 Å². The molecule has 0 bridgehead atoms. The van der Waals surface area contributed by atoms with Crippen LogP contribution in [-0.4, -0.2) is 0 Å². The average molecular weight is 360 g/mol. The summed E-state index contributed by atoms with van der Waals surface area (Å²) >= 11 is 0. The third-order valence-electron chi connectivity index (χ3n) is 7.72. The van der Waals surface area contributed by atoms with Crippen LogP contribution in [0.5, 0.6) is 0 Å². The Morgan fingerprint density at radius 2 is 1.23 bits per heavy atom. The number of nitrogens with zero attached hydrogens (tertiary/aromatic N) is 1. The van der Waals surface area contributed by atoms with E-state index >= 15 is 0 Å². The fraction of sp³-hybridized carbons (Fsp3) is 0.960. The molecule has 0 aromatic heterocycles. The van der Waals surface area contributed by atoms with Gasteiger partial charge < -0.3 is 0 Å². The molecule has 0 N–H and O–H groups in total. The molecule has 2 saturated carbocycles. The van der Waals surface area contributed by atoms with Gasteiger partial charge in [-0.2, -0.15) is 5.26 Å². The number of hydrogen-bond donors (Lipinski definition) is 0. The van der Waals surface area contributed by atoms with Crippen LogP contribution >= 0.6 is 0 Å². The highest BCUT2D eigenvalue weighted by molar-refractivity contribution is 5.01. The number of nitriles is 1. The maximum absolute atomic E-state index is 9.75. The normalized spacial score (nSPS) is 32.3. The summed E-state index contributed by atoms with van der Waals surface area (Å²) in [5.74, 6) is 2.99. The second-order valence-corrected chi connectivity index (χ2v) is 9.75. The summed E-state index contributed by atoms with van der Waals surface area (Å²) in [6.07, 6.45) is 24.6. The van der Waals surface area contributed by atoms with E-state index in [2.05, 4.69) is 19.9 Å². The van der Waals surface area contributed by atoms with Gasteiger partial charge in [0, 0.05) is 0 Å². The summed E-state index contributed by atoms with van der Waals surface area (Å²) < 4.78 is 0. The first-order chi connectivity index (χ1) is 12.7. The molecule has 0 spiro atoms. The SMILES string of the molecule is CCCCCC[C@]1(C#N)CC[C@H](CC[C@H]2CC[C@H](CCCC)CC2)CC1. The van der Waals surface area contributed by atoms with Crippen LogP contribution in [0.25, 0.3) is 0 Å². The van der Waals surface area contributed by atoms with Gasteiger partial charge in [-0.05, 0) is 49.9 Å². The van der Waals surface area contributed by atoms with E-state index in [-0.39, 0.29) is 5.41 Å². The highest BCUT2D eigenvalue weighted by Gasteiger charge is 2.35. The summed E-state index contributed by atoms with van der Waals surface area (Å²) in [4.78, 5) is 0. The van der Waals surface area contributed by atoms with Crippen LogP contribution in [0.1, 0.15) is 129 Å². The molecule has 2 aliphatic rings. The van der Waals surface area contributed by atoms with Crippen LogP contribution in [0.2, 0.25) is 0 Å². The highest BCUT2D eigenvalue weighted by Crippen LogP contribution is 2.44. The smallest absolute Gasteiger partial charge is 0.0689 e. The number of unbranched alkanes of at least 4 members (excludes halogenated alkanes) is 4. The van der Waals surface area contributed by atoms with Crippen LogP contribution in [0.15, 0.2) is 0 Å². The summed E-state index contributed by atoms with van der Waals surface area (Å²) in [7, 11) is 0. The molecule has 1 heteroatoms. The molecule has 2 aliphatic carbocycles. The first-order valence-corrected chi connectivity index (χ1v) is 12.1. The Morgan fingerprint density at radius 1 is 0.692 bits per heavy atom. The van der Waals surface area contributed by atoms with Gasteiger partial charge in [-0.3, -0.25) is 0 Å². The van der Waals surface area contributed by atoms with Crippen molar-refractivity contribution in [1.82, 2.24) is 0 Å². The predicted octanol–water partition coefficient (Wildman–Crippen LogP) is 8.43. The van der Waals surface area contributed by atoms with Crippen molar-refractivity contribution in [1.29, 1.82) is 5.26 Å². The fourth-order valence-electron chi connectivity index (χ4n) is 5.60. The predicted molar refractivity (Wildman–Crippen MR) is 113 cm³/mol. The van der Waals surface area contributed by atoms with Crippen molar-refractivity contribution >= 4 is 0 Å². The van der Waals surface area contributed by atoms with Crippen molar-refractivity contribution in [3.8, 4) is 6.07 Å². The maximum Gasteiger partial charge on any atom is 0.0689 e. The lowest BCUT2D eigenvalue weighted by atomic mass is 9.67. The lowest BCUT2D eigenvalue weighted by Gasteiger charge is -2.36. The zero-order valence-corrected chi connectivity index (χ0v) is 17.9. The Bertz CT molecular complexity index is 391. The van der Waals surface area contributed by atoms with Crippen LogP contribution in [0.3, 0.4) is 0 Å². The lowest BCUT2D eigenvalue weighted by Crippen LogP contribution is -2.26. The van der Waals surface area contributed by atoms with Crippen LogP contribution in [-0.2, 0) is 0 Å². The molecule has 0 atom stereocenters. The molecule has 0 saturated heterocycles. The molecule has 0 aromatic rings. The summed E-state index contributed by atoms with van der Waals surface area (Å²) in [5.41, 5.74) is 0.0432. The molecule has 0 radical (unpaired) electrons. The zero-order valence-electron chi connectivity index (χ0n) is 17.9. The molecular weight excluding hydrogens is 314 g/mol. The minimum absolute atomic E-state index is 0.0432. The summed E-state index contributed by atoms with van der Waals surface area (Å²) in [5, 5.41) is 9.75. The van der Waals surface area contributed by atoms with E-state index in [1.54, 1.807) is 0 Å². The van der Waals surface area contributed by atoms with Gasteiger partial charge in [0.2, 0.25) is 0 Å². The van der Waals surface area contributed by atoms with Crippen molar-refractivity contribution in [2.75, 3.05) is 0 Å². The second kappa shape index (κ2) is 12.0. The Kier molecular flexibility index (Phi) is 10.1. The molecule has 2 fully saturated rings. The van der Waals surface area contributed by atoms with E-state index in [0.717, 1.165) is 24.2 Å². The quantitative estimate of drug-likeness (QED) is 0.339. The molecular formula is C25H45N. The molecule has 26 heavy (non-hydrogen) atoms. The Morgan fingerprint density at radius 3 is 1.77 bits per heavy atom. The van der Waals surface area contributed by atoms with Gasteiger partial charge >= 0.3 is 0 Å². The molecule has 2 rings (SSSR count). The first-order valence-electron chi connectivity index (χ1n) is 12.1. The zero-order chi connectivity index (χ0) is 18.7. The van der Waals surface area contributed by atoms with Gasteiger partial charge in [0.25, 0.3) is 0 Å². The van der Waals surface area contributed by atoms with Gasteiger partial charge in [0.15, 0.2) is 0 Å². The summed E-state index contributed by atoms with van der Waals surface area (Å²) in [6.45, 7) is 4.59. The molecule has 150 valence electrons.